The molecular weight excluding hydrogens is 336 g/mol. The highest BCUT2D eigenvalue weighted by Gasteiger charge is 2.34. The molecule has 0 saturated carbocycles. The normalized spacial score (nSPS) is 23.3. The number of carbonyl (C=O) groups is 2. The van der Waals surface area contributed by atoms with E-state index in [4.69, 9.17) is 0 Å². The third kappa shape index (κ3) is 3.47. The predicted molar refractivity (Wildman–Crippen MR) is 102 cm³/mol. The second-order valence-corrected chi connectivity index (χ2v) is 7.58. The van der Waals surface area contributed by atoms with Gasteiger partial charge in [-0.2, -0.15) is 0 Å². The first-order valence-electron chi connectivity index (χ1n) is 9.35. The first-order chi connectivity index (χ1) is 11.6. The summed E-state index contributed by atoms with van der Waals surface area (Å²) in [5.74, 6) is 0.507. The lowest BCUT2D eigenvalue weighted by atomic mass is 9.76. The van der Waals surface area contributed by atoms with Gasteiger partial charge in [0.05, 0.1) is 0 Å². The number of anilines is 1. The minimum atomic E-state index is 0. The van der Waals surface area contributed by atoms with E-state index in [0.717, 1.165) is 54.9 Å². The van der Waals surface area contributed by atoms with Gasteiger partial charge in [-0.1, -0.05) is 6.42 Å². The molecule has 3 aliphatic rings. The third-order valence-electron chi connectivity index (χ3n) is 5.93. The molecule has 1 saturated heterocycles. The van der Waals surface area contributed by atoms with Crippen molar-refractivity contribution in [3.05, 3.63) is 28.3 Å². The molecule has 1 atom stereocenters. The highest BCUT2D eigenvalue weighted by molar-refractivity contribution is 6.05. The van der Waals surface area contributed by atoms with Crippen LogP contribution in [0.5, 0.6) is 0 Å². The van der Waals surface area contributed by atoms with Crippen LogP contribution in [0, 0.1) is 12.8 Å². The number of ketones is 1. The standard InChI is InChI=1S/C20H26N2O2.ClH/c1-13-11-17-16(7-8-18(23)21-17)19-15(13)6-5-14(20(19)24)12-22-9-3-2-4-10-22;/h11,14H,2-10,12H2,1H3,(H,21,23);1H. The maximum atomic E-state index is 13.3. The summed E-state index contributed by atoms with van der Waals surface area (Å²) < 4.78 is 0. The van der Waals surface area contributed by atoms with Crippen molar-refractivity contribution in [2.75, 3.05) is 25.0 Å². The number of amides is 1. The van der Waals surface area contributed by atoms with E-state index in [1.54, 1.807) is 0 Å². The Hall–Kier alpha value is -1.39. The fourth-order valence-corrected chi connectivity index (χ4v) is 4.63. The lowest BCUT2D eigenvalue weighted by Gasteiger charge is -2.34. The molecule has 1 N–H and O–H groups in total. The van der Waals surface area contributed by atoms with Crippen molar-refractivity contribution in [1.82, 2.24) is 4.90 Å². The van der Waals surface area contributed by atoms with Crippen LogP contribution in [0.2, 0.25) is 0 Å². The van der Waals surface area contributed by atoms with E-state index in [1.165, 1.54) is 24.8 Å². The number of aryl methyl sites for hydroxylation is 1. The third-order valence-corrected chi connectivity index (χ3v) is 5.93. The van der Waals surface area contributed by atoms with E-state index in [2.05, 4.69) is 23.2 Å². The minimum Gasteiger partial charge on any atom is -0.326 e. The van der Waals surface area contributed by atoms with Crippen LogP contribution in [0.25, 0.3) is 0 Å². The van der Waals surface area contributed by atoms with Gasteiger partial charge >= 0.3 is 0 Å². The Bertz CT molecular complexity index is 695. The molecule has 2 aliphatic heterocycles. The fourth-order valence-electron chi connectivity index (χ4n) is 4.63. The zero-order chi connectivity index (χ0) is 16.7. The molecule has 0 aromatic heterocycles. The molecule has 4 rings (SSSR count). The zero-order valence-corrected chi connectivity index (χ0v) is 15.7. The Kier molecular flexibility index (Phi) is 5.49. The number of piperidine rings is 1. The fraction of sp³-hybridized carbons (Fsp3) is 0.600. The summed E-state index contributed by atoms with van der Waals surface area (Å²) in [4.78, 5) is 27.4. The summed E-state index contributed by atoms with van der Waals surface area (Å²) in [6.07, 6.45) is 7.00. The molecule has 1 amide bonds. The molecule has 5 heteroatoms. The van der Waals surface area contributed by atoms with Crippen molar-refractivity contribution in [1.29, 1.82) is 0 Å². The number of hydrogen-bond acceptors (Lipinski definition) is 3. The van der Waals surface area contributed by atoms with Crippen molar-refractivity contribution in [3.8, 4) is 0 Å². The molecule has 1 aromatic carbocycles. The molecule has 25 heavy (non-hydrogen) atoms. The topological polar surface area (TPSA) is 49.4 Å². The Morgan fingerprint density at radius 3 is 2.60 bits per heavy atom. The average molecular weight is 363 g/mol. The van der Waals surface area contributed by atoms with E-state index in [9.17, 15) is 9.59 Å². The number of carbonyl (C=O) groups excluding carboxylic acids is 2. The van der Waals surface area contributed by atoms with Gasteiger partial charge in [0.15, 0.2) is 5.78 Å². The van der Waals surface area contributed by atoms with Crippen LogP contribution < -0.4 is 5.32 Å². The SMILES string of the molecule is Cc1cc2c(c3c1CCC(CN1CCCCC1)C3=O)CCC(=O)N2.Cl. The van der Waals surface area contributed by atoms with Gasteiger partial charge in [0, 0.05) is 30.1 Å². The Morgan fingerprint density at radius 1 is 1.08 bits per heavy atom. The average Bonchev–Trinajstić information content (AvgIpc) is 2.58. The maximum absolute atomic E-state index is 13.3. The Balaban J connectivity index is 0.00000182. The minimum absolute atomic E-state index is 0. The molecule has 1 aliphatic carbocycles. The number of nitrogens with zero attached hydrogens (tertiary/aromatic N) is 1. The van der Waals surface area contributed by atoms with E-state index in [1.807, 2.05) is 0 Å². The quantitative estimate of drug-likeness (QED) is 0.875. The van der Waals surface area contributed by atoms with Gasteiger partial charge in [-0.3, -0.25) is 9.59 Å². The summed E-state index contributed by atoms with van der Waals surface area (Å²) in [6, 6.07) is 2.06. The number of Topliss-reactive ketones (excluding diaryl/α,β-unsaturated/α-hetero) is 1. The van der Waals surface area contributed by atoms with Crippen LogP contribution in [0.3, 0.4) is 0 Å². The molecular formula is C20H27ClN2O2. The monoisotopic (exact) mass is 362 g/mol. The van der Waals surface area contributed by atoms with Crippen molar-refractivity contribution in [2.45, 2.75) is 51.9 Å². The van der Waals surface area contributed by atoms with Crippen LogP contribution in [0.1, 0.15) is 59.2 Å². The second-order valence-electron chi connectivity index (χ2n) is 7.58. The highest BCUT2D eigenvalue weighted by atomic mass is 35.5. The van der Waals surface area contributed by atoms with Gasteiger partial charge in [-0.15, -0.1) is 12.4 Å². The molecule has 1 fully saturated rings. The van der Waals surface area contributed by atoms with Crippen molar-refractivity contribution < 1.29 is 9.59 Å². The van der Waals surface area contributed by atoms with Crippen molar-refractivity contribution >= 4 is 29.8 Å². The molecule has 1 unspecified atom stereocenters. The van der Waals surface area contributed by atoms with E-state index in [-0.39, 0.29) is 24.2 Å². The lowest BCUT2D eigenvalue weighted by Crippen LogP contribution is -2.39. The molecule has 0 radical (unpaired) electrons. The maximum Gasteiger partial charge on any atom is 0.224 e. The molecule has 1 aromatic rings. The summed E-state index contributed by atoms with van der Waals surface area (Å²) in [5, 5.41) is 2.97. The number of nitrogens with one attached hydrogen (secondary N) is 1. The number of likely N-dealkylation sites (tertiary alicyclic amines) is 1. The van der Waals surface area contributed by atoms with E-state index >= 15 is 0 Å². The van der Waals surface area contributed by atoms with Crippen molar-refractivity contribution in [2.24, 2.45) is 5.92 Å². The van der Waals surface area contributed by atoms with Crippen LogP contribution >= 0.6 is 12.4 Å². The summed E-state index contributed by atoms with van der Waals surface area (Å²) >= 11 is 0. The first kappa shape index (κ1) is 18.4. The smallest absolute Gasteiger partial charge is 0.224 e. The lowest BCUT2D eigenvalue weighted by molar-refractivity contribution is -0.116. The van der Waals surface area contributed by atoms with Crippen molar-refractivity contribution in [3.63, 3.8) is 0 Å². The van der Waals surface area contributed by atoms with Gasteiger partial charge in [-0.05, 0) is 74.9 Å². The Morgan fingerprint density at radius 2 is 1.84 bits per heavy atom. The summed E-state index contributed by atoms with van der Waals surface area (Å²) in [6.45, 7) is 5.25. The first-order valence-corrected chi connectivity index (χ1v) is 9.35. The van der Waals surface area contributed by atoms with Gasteiger partial charge in [-0.25, -0.2) is 0 Å². The number of benzene rings is 1. The van der Waals surface area contributed by atoms with Gasteiger partial charge in [0.2, 0.25) is 5.91 Å². The molecule has 4 nitrogen and oxygen atoms in total. The molecule has 2 heterocycles. The molecule has 0 spiro atoms. The summed E-state index contributed by atoms with van der Waals surface area (Å²) in [7, 11) is 0. The Labute approximate surface area is 155 Å². The van der Waals surface area contributed by atoms with E-state index < -0.39 is 0 Å². The van der Waals surface area contributed by atoms with E-state index in [0.29, 0.717) is 18.6 Å². The van der Waals surface area contributed by atoms with Gasteiger partial charge < -0.3 is 10.2 Å². The highest BCUT2D eigenvalue weighted by Crippen LogP contribution is 2.37. The number of hydrogen-bond donors (Lipinski definition) is 1. The number of rotatable bonds is 2. The van der Waals surface area contributed by atoms with Gasteiger partial charge in [0.1, 0.15) is 0 Å². The van der Waals surface area contributed by atoms with Crippen LogP contribution in [0.4, 0.5) is 5.69 Å². The number of fused-ring (bicyclic) bond motifs is 3. The largest absolute Gasteiger partial charge is 0.326 e. The molecule has 136 valence electrons. The number of halogens is 1. The summed E-state index contributed by atoms with van der Waals surface area (Å²) in [5.41, 5.74) is 5.27. The zero-order valence-electron chi connectivity index (χ0n) is 14.9. The van der Waals surface area contributed by atoms with Crippen LogP contribution in [-0.4, -0.2) is 36.2 Å². The second kappa shape index (κ2) is 7.46. The van der Waals surface area contributed by atoms with Crippen LogP contribution in [-0.2, 0) is 17.6 Å². The van der Waals surface area contributed by atoms with Gasteiger partial charge in [0.25, 0.3) is 0 Å². The predicted octanol–water partition coefficient (Wildman–Crippen LogP) is 3.53. The molecule has 0 bridgehead atoms. The van der Waals surface area contributed by atoms with Crippen LogP contribution in [0.15, 0.2) is 6.07 Å².